The van der Waals surface area contributed by atoms with Crippen molar-refractivity contribution in [2.45, 2.75) is 0 Å². The van der Waals surface area contributed by atoms with E-state index in [1.165, 1.54) is 12.1 Å². The van der Waals surface area contributed by atoms with Gasteiger partial charge in [0.15, 0.2) is 0 Å². The van der Waals surface area contributed by atoms with E-state index >= 15 is 0 Å². The molecule has 0 atom stereocenters. The smallest absolute Gasteiger partial charge is 0.123 e. The van der Waals surface area contributed by atoms with Crippen LogP contribution in [0.2, 0.25) is 10.0 Å². The van der Waals surface area contributed by atoms with Gasteiger partial charge in [0.05, 0.1) is 21.4 Å². The molecular weight excluding hydrogens is 274 g/mol. The SMILES string of the molecule is CN(c1ccc(F)cc1)c1cc(Cl)c(Cl)cc1N. The van der Waals surface area contributed by atoms with E-state index in [9.17, 15) is 4.39 Å². The average Bonchev–Trinajstić information content (AvgIpc) is 2.34. The van der Waals surface area contributed by atoms with Crippen LogP contribution >= 0.6 is 23.2 Å². The summed E-state index contributed by atoms with van der Waals surface area (Å²) >= 11 is 11.8. The molecule has 2 aromatic rings. The molecule has 5 heteroatoms. The minimum absolute atomic E-state index is 0.283. The summed E-state index contributed by atoms with van der Waals surface area (Å²) in [7, 11) is 1.82. The van der Waals surface area contributed by atoms with E-state index in [0.717, 1.165) is 11.4 Å². The number of hydrogen-bond donors (Lipinski definition) is 1. The molecule has 94 valence electrons. The second-order valence-corrected chi connectivity index (χ2v) is 4.67. The summed E-state index contributed by atoms with van der Waals surface area (Å²) in [6.07, 6.45) is 0. The highest BCUT2D eigenvalue weighted by Gasteiger charge is 2.10. The predicted octanol–water partition coefficient (Wildman–Crippen LogP) is 4.48. The molecule has 2 N–H and O–H groups in total. The van der Waals surface area contributed by atoms with Crippen molar-refractivity contribution in [2.24, 2.45) is 0 Å². The van der Waals surface area contributed by atoms with E-state index in [4.69, 9.17) is 28.9 Å². The number of rotatable bonds is 2. The van der Waals surface area contributed by atoms with Crippen molar-refractivity contribution in [3.8, 4) is 0 Å². The minimum atomic E-state index is -0.283. The number of nitrogen functional groups attached to an aromatic ring is 1. The van der Waals surface area contributed by atoms with Crippen LogP contribution in [0.5, 0.6) is 0 Å². The Kier molecular flexibility index (Phi) is 3.64. The van der Waals surface area contributed by atoms with Gasteiger partial charge in [-0.15, -0.1) is 0 Å². The fourth-order valence-electron chi connectivity index (χ4n) is 1.65. The van der Waals surface area contributed by atoms with Crippen LogP contribution in [0.4, 0.5) is 21.5 Å². The van der Waals surface area contributed by atoms with E-state index in [1.54, 1.807) is 24.3 Å². The molecule has 0 aliphatic rings. The Morgan fingerprint density at radius 1 is 1.06 bits per heavy atom. The van der Waals surface area contributed by atoms with Gasteiger partial charge in [-0.25, -0.2) is 4.39 Å². The highest BCUT2D eigenvalue weighted by atomic mass is 35.5. The quantitative estimate of drug-likeness (QED) is 0.824. The molecule has 2 rings (SSSR count). The summed E-state index contributed by atoms with van der Waals surface area (Å²) in [4.78, 5) is 1.82. The van der Waals surface area contributed by atoms with E-state index < -0.39 is 0 Å². The lowest BCUT2D eigenvalue weighted by Gasteiger charge is -2.21. The van der Waals surface area contributed by atoms with Gasteiger partial charge in [0.1, 0.15) is 5.82 Å². The van der Waals surface area contributed by atoms with Crippen molar-refractivity contribution in [3.63, 3.8) is 0 Å². The van der Waals surface area contributed by atoms with Gasteiger partial charge in [0.25, 0.3) is 0 Å². The first-order valence-corrected chi connectivity index (χ1v) is 5.98. The van der Waals surface area contributed by atoms with Gasteiger partial charge in [0, 0.05) is 12.7 Å². The molecule has 0 heterocycles. The molecule has 0 amide bonds. The standard InChI is InChI=1S/C13H11Cl2FN2/c1-18(9-4-2-8(16)3-5-9)13-7-11(15)10(14)6-12(13)17/h2-7H,17H2,1H3. The second-order valence-electron chi connectivity index (χ2n) is 3.86. The van der Waals surface area contributed by atoms with Gasteiger partial charge in [-0.3, -0.25) is 0 Å². The predicted molar refractivity (Wildman–Crippen MR) is 75.3 cm³/mol. The molecule has 0 fully saturated rings. The largest absolute Gasteiger partial charge is 0.397 e. The maximum absolute atomic E-state index is 12.9. The molecule has 0 spiro atoms. The Balaban J connectivity index is 2.42. The van der Waals surface area contributed by atoms with Crippen molar-refractivity contribution in [3.05, 3.63) is 52.3 Å². The fraction of sp³-hybridized carbons (Fsp3) is 0.0769. The van der Waals surface area contributed by atoms with Gasteiger partial charge < -0.3 is 10.6 Å². The number of halogens is 3. The van der Waals surface area contributed by atoms with Gasteiger partial charge >= 0.3 is 0 Å². The highest BCUT2D eigenvalue weighted by molar-refractivity contribution is 6.42. The first-order chi connectivity index (χ1) is 8.49. The molecule has 0 saturated heterocycles. The van der Waals surface area contributed by atoms with Crippen molar-refractivity contribution in [1.82, 2.24) is 0 Å². The Hall–Kier alpha value is -1.45. The second kappa shape index (κ2) is 5.04. The van der Waals surface area contributed by atoms with Crippen LogP contribution in [-0.4, -0.2) is 7.05 Å². The van der Waals surface area contributed by atoms with E-state index in [0.29, 0.717) is 15.7 Å². The number of nitrogens with zero attached hydrogens (tertiary/aromatic N) is 1. The minimum Gasteiger partial charge on any atom is -0.397 e. The number of anilines is 3. The zero-order chi connectivity index (χ0) is 13.3. The summed E-state index contributed by atoms with van der Waals surface area (Å²) in [5.41, 5.74) is 7.94. The molecular formula is C13H11Cl2FN2. The number of benzene rings is 2. The van der Waals surface area contributed by atoms with Crippen molar-refractivity contribution >= 4 is 40.3 Å². The normalized spacial score (nSPS) is 10.4. The third kappa shape index (κ3) is 2.52. The van der Waals surface area contributed by atoms with Crippen molar-refractivity contribution < 1.29 is 4.39 Å². The lowest BCUT2D eigenvalue weighted by molar-refractivity contribution is 0.628. The van der Waals surface area contributed by atoms with Gasteiger partial charge in [-0.1, -0.05) is 23.2 Å². The molecule has 2 nitrogen and oxygen atoms in total. The third-order valence-corrected chi connectivity index (χ3v) is 3.37. The summed E-state index contributed by atoms with van der Waals surface area (Å²) in [5, 5.41) is 0.834. The monoisotopic (exact) mass is 284 g/mol. The first kappa shape index (κ1) is 13.0. The summed E-state index contributed by atoms with van der Waals surface area (Å²) in [5.74, 6) is -0.283. The molecule has 0 unspecified atom stereocenters. The van der Waals surface area contributed by atoms with Crippen LogP contribution in [0.15, 0.2) is 36.4 Å². The van der Waals surface area contributed by atoms with Gasteiger partial charge in [0.2, 0.25) is 0 Å². The van der Waals surface area contributed by atoms with Crippen LogP contribution in [-0.2, 0) is 0 Å². The van der Waals surface area contributed by atoms with E-state index in [-0.39, 0.29) is 5.82 Å². The topological polar surface area (TPSA) is 29.3 Å². The molecule has 18 heavy (non-hydrogen) atoms. The first-order valence-electron chi connectivity index (χ1n) is 5.23. The van der Waals surface area contributed by atoms with Crippen LogP contribution in [0.3, 0.4) is 0 Å². The number of nitrogens with two attached hydrogens (primary N) is 1. The summed E-state index contributed by atoms with van der Waals surface area (Å²) in [6, 6.07) is 9.38. The molecule has 0 aromatic heterocycles. The Morgan fingerprint density at radius 2 is 1.61 bits per heavy atom. The lowest BCUT2D eigenvalue weighted by Crippen LogP contribution is -2.11. The van der Waals surface area contributed by atoms with Crippen molar-refractivity contribution in [2.75, 3.05) is 17.7 Å². The third-order valence-electron chi connectivity index (χ3n) is 2.64. The molecule has 0 bridgehead atoms. The molecule has 0 aliphatic heterocycles. The van der Waals surface area contributed by atoms with Crippen LogP contribution < -0.4 is 10.6 Å². The highest BCUT2D eigenvalue weighted by Crippen LogP contribution is 2.35. The van der Waals surface area contributed by atoms with E-state index in [1.807, 2.05) is 11.9 Å². The molecule has 0 aliphatic carbocycles. The van der Waals surface area contributed by atoms with Gasteiger partial charge in [-0.2, -0.15) is 0 Å². The Bertz CT molecular complexity index is 570. The maximum Gasteiger partial charge on any atom is 0.123 e. The summed E-state index contributed by atoms with van der Waals surface area (Å²) in [6.45, 7) is 0. The van der Waals surface area contributed by atoms with Crippen molar-refractivity contribution in [1.29, 1.82) is 0 Å². The van der Waals surface area contributed by atoms with Gasteiger partial charge in [-0.05, 0) is 36.4 Å². The lowest BCUT2D eigenvalue weighted by atomic mass is 10.2. The molecule has 0 saturated carbocycles. The van der Waals surface area contributed by atoms with E-state index in [2.05, 4.69) is 0 Å². The zero-order valence-electron chi connectivity index (χ0n) is 9.62. The zero-order valence-corrected chi connectivity index (χ0v) is 11.1. The Morgan fingerprint density at radius 3 is 2.22 bits per heavy atom. The maximum atomic E-state index is 12.9. The van der Waals surface area contributed by atoms with Crippen LogP contribution in [0.1, 0.15) is 0 Å². The fourth-order valence-corrected chi connectivity index (χ4v) is 1.98. The average molecular weight is 285 g/mol. The van der Waals surface area contributed by atoms with Crippen LogP contribution in [0.25, 0.3) is 0 Å². The molecule has 0 radical (unpaired) electrons. The van der Waals surface area contributed by atoms with Crippen LogP contribution in [0, 0.1) is 5.82 Å². The Labute approximate surface area is 115 Å². The molecule has 2 aromatic carbocycles. The summed E-state index contributed by atoms with van der Waals surface area (Å²) < 4.78 is 12.9. The number of hydrogen-bond acceptors (Lipinski definition) is 2.